The molecule has 0 bridgehead atoms. The quantitative estimate of drug-likeness (QED) is 0.599. The van der Waals surface area contributed by atoms with Crippen LogP contribution in [0.5, 0.6) is 0 Å². The molecule has 0 radical (unpaired) electrons. The third-order valence-electron chi connectivity index (χ3n) is 0.569. The van der Waals surface area contributed by atoms with Gasteiger partial charge < -0.3 is 0 Å². The van der Waals surface area contributed by atoms with Crippen LogP contribution in [-0.4, -0.2) is 4.52 Å². The van der Waals surface area contributed by atoms with Crippen LogP contribution in [0.1, 0.15) is 0 Å². The van der Waals surface area contributed by atoms with Crippen LogP contribution in [-0.2, 0) is 4.84 Å². The molecule has 7 heteroatoms. The lowest BCUT2D eigenvalue weighted by Gasteiger charge is -2.14. The minimum atomic E-state index is -1.87. The minimum Gasteiger partial charge on any atom is -0.259 e. The van der Waals surface area contributed by atoms with Crippen molar-refractivity contribution in [1.29, 1.82) is 0 Å². The van der Waals surface area contributed by atoms with Crippen LogP contribution >= 0.6 is 58.0 Å². The SMILES string of the molecule is NOC(Cl)(Cl)C(Cl)=C(Cl)Cl. The topological polar surface area (TPSA) is 35.2 Å². The summed E-state index contributed by atoms with van der Waals surface area (Å²) < 4.78 is -2.17. The fourth-order valence-corrected chi connectivity index (χ4v) is 0.855. The van der Waals surface area contributed by atoms with E-state index in [9.17, 15) is 0 Å². The number of hydrogen-bond acceptors (Lipinski definition) is 2. The average Bonchev–Trinajstić information content (AvgIpc) is 1.86. The largest absolute Gasteiger partial charge is 0.274 e. The molecule has 0 amide bonds. The van der Waals surface area contributed by atoms with Gasteiger partial charge in [0.1, 0.15) is 9.52 Å². The highest BCUT2D eigenvalue weighted by molar-refractivity contribution is 6.63. The molecule has 0 saturated heterocycles. The molecule has 0 aromatic rings. The third-order valence-corrected chi connectivity index (χ3v) is 2.35. The molecule has 0 aliphatic carbocycles. The zero-order valence-corrected chi connectivity index (χ0v) is 8.16. The van der Waals surface area contributed by atoms with Gasteiger partial charge in [0.15, 0.2) is 0 Å². The molecule has 60 valence electrons. The fraction of sp³-hybridized carbons (Fsp3) is 0.333. The fourth-order valence-electron chi connectivity index (χ4n) is 0.162. The predicted molar refractivity (Wildman–Crippen MR) is 44.3 cm³/mol. The van der Waals surface area contributed by atoms with Crippen molar-refractivity contribution in [2.75, 3.05) is 0 Å². The van der Waals surface area contributed by atoms with Gasteiger partial charge in [0.2, 0.25) is 0 Å². The lowest BCUT2D eigenvalue weighted by atomic mass is 10.7. The van der Waals surface area contributed by atoms with Crippen molar-refractivity contribution >= 4 is 58.0 Å². The maximum Gasteiger partial charge on any atom is 0.274 e. The zero-order chi connectivity index (χ0) is 8.36. The minimum absolute atomic E-state index is 0.276. The Bertz CT molecular complexity index is 151. The molecule has 0 atom stereocenters. The van der Waals surface area contributed by atoms with Crippen LogP contribution in [0.2, 0.25) is 0 Å². The second kappa shape index (κ2) is 4.21. The van der Waals surface area contributed by atoms with E-state index in [2.05, 4.69) is 10.7 Å². The van der Waals surface area contributed by atoms with Gasteiger partial charge in [-0.05, 0) is 0 Å². The molecule has 0 spiro atoms. The molecule has 0 unspecified atom stereocenters. The van der Waals surface area contributed by atoms with Crippen molar-refractivity contribution in [2.24, 2.45) is 5.90 Å². The van der Waals surface area contributed by atoms with Crippen molar-refractivity contribution < 1.29 is 4.84 Å². The second-order valence-electron chi connectivity index (χ2n) is 1.21. The summed E-state index contributed by atoms with van der Waals surface area (Å²) in [5.74, 6) is 4.65. The molecule has 0 saturated carbocycles. The summed E-state index contributed by atoms with van der Waals surface area (Å²) in [6.07, 6.45) is 0. The van der Waals surface area contributed by atoms with Crippen molar-refractivity contribution in [1.82, 2.24) is 0 Å². The summed E-state index contributed by atoms with van der Waals surface area (Å²) in [5, 5.41) is -0.276. The number of nitrogens with two attached hydrogens (primary N) is 1. The Kier molecular flexibility index (Phi) is 4.68. The van der Waals surface area contributed by atoms with E-state index in [0.29, 0.717) is 0 Å². The number of rotatable bonds is 2. The lowest BCUT2D eigenvalue weighted by molar-refractivity contribution is 0.108. The third kappa shape index (κ3) is 3.01. The maximum atomic E-state index is 5.35. The predicted octanol–water partition coefficient (Wildman–Crippen LogP) is 2.89. The summed E-state index contributed by atoms with van der Waals surface area (Å²) in [5.41, 5.74) is 0. The van der Waals surface area contributed by atoms with E-state index >= 15 is 0 Å². The van der Waals surface area contributed by atoms with E-state index in [-0.39, 0.29) is 9.52 Å². The van der Waals surface area contributed by atoms with Crippen molar-refractivity contribution in [3.05, 3.63) is 9.52 Å². The van der Waals surface area contributed by atoms with E-state index in [0.717, 1.165) is 0 Å². The van der Waals surface area contributed by atoms with E-state index < -0.39 is 4.52 Å². The zero-order valence-electron chi connectivity index (χ0n) is 4.38. The highest BCUT2D eigenvalue weighted by atomic mass is 35.5. The van der Waals surface area contributed by atoms with Crippen molar-refractivity contribution in [3.8, 4) is 0 Å². The van der Waals surface area contributed by atoms with Crippen LogP contribution in [0.25, 0.3) is 0 Å². The van der Waals surface area contributed by atoms with Gasteiger partial charge in [-0.25, -0.2) is 5.90 Å². The van der Waals surface area contributed by atoms with Gasteiger partial charge in [-0.1, -0.05) is 58.0 Å². The molecule has 0 aromatic carbocycles. The molecular formula is C3H2Cl5NO. The molecule has 0 aliphatic heterocycles. The highest BCUT2D eigenvalue weighted by Gasteiger charge is 2.30. The Morgan fingerprint density at radius 3 is 1.70 bits per heavy atom. The summed E-state index contributed by atoms with van der Waals surface area (Å²) >= 11 is 26.4. The van der Waals surface area contributed by atoms with Crippen LogP contribution < -0.4 is 5.90 Å². The van der Waals surface area contributed by atoms with E-state index in [1.165, 1.54) is 0 Å². The number of hydrogen-bond donors (Lipinski definition) is 1. The first kappa shape index (κ1) is 11.1. The smallest absolute Gasteiger partial charge is 0.259 e. The number of alkyl halides is 2. The summed E-state index contributed by atoms with van der Waals surface area (Å²) in [4.78, 5) is 4.03. The first-order valence-electron chi connectivity index (χ1n) is 1.88. The normalized spacial score (nSPS) is 11.4. The van der Waals surface area contributed by atoms with Gasteiger partial charge in [-0.2, -0.15) is 0 Å². The van der Waals surface area contributed by atoms with Crippen LogP contribution in [0.15, 0.2) is 9.52 Å². The van der Waals surface area contributed by atoms with E-state index in [1.54, 1.807) is 0 Å². The maximum absolute atomic E-state index is 5.35. The Morgan fingerprint density at radius 1 is 1.20 bits per heavy atom. The Morgan fingerprint density at radius 2 is 1.60 bits per heavy atom. The van der Waals surface area contributed by atoms with Gasteiger partial charge in [-0.15, -0.1) is 0 Å². The number of halogens is 5. The van der Waals surface area contributed by atoms with E-state index in [1.807, 2.05) is 0 Å². The lowest BCUT2D eigenvalue weighted by Crippen LogP contribution is -2.22. The van der Waals surface area contributed by atoms with Crippen LogP contribution in [0.4, 0.5) is 0 Å². The standard InChI is InChI=1S/C3H2Cl5NO/c4-1(2(5)6)3(7,8)10-9/h9H2. The van der Waals surface area contributed by atoms with Crippen molar-refractivity contribution in [2.45, 2.75) is 4.52 Å². The Labute approximate surface area is 82.7 Å². The summed E-state index contributed by atoms with van der Waals surface area (Å²) in [6, 6.07) is 0. The van der Waals surface area contributed by atoms with Gasteiger partial charge in [0.25, 0.3) is 4.52 Å². The molecule has 0 aromatic heterocycles. The molecule has 0 rings (SSSR count). The Balaban J connectivity index is 4.49. The second-order valence-corrected chi connectivity index (χ2v) is 3.79. The first-order valence-corrected chi connectivity index (χ1v) is 3.77. The van der Waals surface area contributed by atoms with Gasteiger partial charge in [0.05, 0.1) is 0 Å². The highest BCUT2D eigenvalue weighted by Crippen LogP contribution is 2.37. The molecule has 0 aliphatic rings. The van der Waals surface area contributed by atoms with Gasteiger partial charge in [0, 0.05) is 0 Å². The van der Waals surface area contributed by atoms with Crippen molar-refractivity contribution in [3.63, 3.8) is 0 Å². The average molecular weight is 245 g/mol. The van der Waals surface area contributed by atoms with Gasteiger partial charge >= 0.3 is 0 Å². The van der Waals surface area contributed by atoms with Crippen LogP contribution in [0, 0.1) is 0 Å². The molecule has 0 fully saturated rings. The van der Waals surface area contributed by atoms with E-state index in [4.69, 9.17) is 58.0 Å². The summed E-state index contributed by atoms with van der Waals surface area (Å²) in [7, 11) is 0. The van der Waals surface area contributed by atoms with Crippen LogP contribution in [0.3, 0.4) is 0 Å². The molecular weight excluding hydrogens is 243 g/mol. The Hall–Kier alpha value is 1.11. The molecule has 2 nitrogen and oxygen atoms in total. The summed E-state index contributed by atoms with van der Waals surface area (Å²) in [6.45, 7) is 0. The first-order chi connectivity index (χ1) is 4.41. The molecule has 0 heterocycles. The monoisotopic (exact) mass is 243 g/mol. The van der Waals surface area contributed by atoms with Gasteiger partial charge in [-0.3, -0.25) is 4.84 Å². The molecule has 10 heavy (non-hydrogen) atoms. The molecule has 2 N–H and O–H groups in total.